The molecular formula is C9H14O3. The van der Waals surface area contributed by atoms with Gasteiger partial charge in [-0.25, -0.2) is 4.79 Å². The first-order valence-corrected chi connectivity index (χ1v) is 4.25. The minimum absolute atomic E-state index is 0.292. The largest absolute Gasteiger partial charge is 0.430 e. The monoisotopic (exact) mass is 170 g/mol. The maximum absolute atomic E-state index is 11.2. The molecule has 3 heteroatoms. The first kappa shape index (κ1) is 9.26. The van der Waals surface area contributed by atoms with Crippen LogP contribution in [-0.4, -0.2) is 18.7 Å². The number of allylic oxidation sites excluding steroid dienone is 1. The van der Waals surface area contributed by atoms with Gasteiger partial charge in [0.05, 0.1) is 0 Å². The highest BCUT2D eigenvalue weighted by molar-refractivity contribution is 5.75. The molecule has 1 saturated heterocycles. The highest BCUT2D eigenvalue weighted by Crippen LogP contribution is 2.15. The van der Waals surface area contributed by atoms with Crippen LogP contribution >= 0.6 is 0 Å². The van der Waals surface area contributed by atoms with E-state index in [4.69, 9.17) is 9.47 Å². The Balaban J connectivity index is 2.32. The molecule has 0 aliphatic carbocycles. The van der Waals surface area contributed by atoms with E-state index >= 15 is 0 Å². The summed E-state index contributed by atoms with van der Waals surface area (Å²) in [5.74, 6) is 0.217. The summed E-state index contributed by atoms with van der Waals surface area (Å²) in [6, 6.07) is 0. The molecular weight excluding hydrogens is 156 g/mol. The van der Waals surface area contributed by atoms with Gasteiger partial charge in [-0.15, -0.1) is 0 Å². The zero-order chi connectivity index (χ0) is 8.97. The number of esters is 1. The predicted octanol–water partition coefficient (Wildman–Crippen LogP) is 1.63. The lowest BCUT2D eigenvalue weighted by Gasteiger charge is -2.09. The summed E-state index contributed by atoms with van der Waals surface area (Å²) in [5, 5.41) is 0. The van der Waals surface area contributed by atoms with E-state index < -0.39 is 0 Å². The fraction of sp³-hybridized carbons (Fsp3) is 0.667. The summed E-state index contributed by atoms with van der Waals surface area (Å²) in [6.07, 6.45) is 2.03. The Morgan fingerprint density at radius 1 is 1.75 bits per heavy atom. The molecule has 0 bridgehead atoms. The molecule has 1 heterocycles. The Bertz CT molecular complexity index is 180. The minimum atomic E-state index is -0.353. The minimum Gasteiger partial charge on any atom is -0.430 e. The second-order valence-electron chi connectivity index (χ2n) is 2.81. The molecule has 1 unspecified atom stereocenters. The van der Waals surface area contributed by atoms with Gasteiger partial charge in [0.1, 0.15) is 5.76 Å². The molecule has 3 nitrogen and oxygen atoms in total. The van der Waals surface area contributed by atoms with E-state index in [1.165, 1.54) is 0 Å². The van der Waals surface area contributed by atoms with Crippen LogP contribution in [0.2, 0.25) is 0 Å². The molecule has 0 aromatic heterocycles. The van der Waals surface area contributed by atoms with Gasteiger partial charge in [0.25, 0.3) is 0 Å². The molecule has 1 rings (SSSR count). The molecule has 68 valence electrons. The van der Waals surface area contributed by atoms with Gasteiger partial charge in [-0.05, 0) is 12.8 Å². The van der Waals surface area contributed by atoms with E-state index in [1.54, 1.807) is 0 Å². The van der Waals surface area contributed by atoms with Crippen molar-refractivity contribution < 1.29 is 14.3 Å². The van der Waals surface area contributed by atoms with Crippen LogP contribution in [0.5, 0.6) is 0 Å². The molecule has 1 aliphatic rings. The number of hydrogen-bond donors (Lipinski definition) is 0. The first-order valence-electron chi connectivity index (χ1n) is 4.25. The first-order chi connectivity index (χ1) is 5.74. The van der Waals surface area contributed by atoms with E-state index in [9.17, 15) is 4.79 Å². The molecule has 0 aromatic carbocycles. The maximum Gasteiger partial charge on any atom is 0.340 e. The van der Waals surface area contributed by atoms with Crippen molar-refractivity contribution in [3.05, 3.63) is 12.3 Å². The maximum atomic E-state index is 11.2. The van der Waals surface area contributed by atoms with Crippen molar-refractivity contribution in [1.82, 2.24) is 0 Å². The number of carbonyl (C=O) groups is 1. The third-order valence-electron chi connectivity index (χ3n) is 1.83. The topological polar surface area (TPSA) is 35.5 Å². The third-order valence-corrected chi connectivity index (χ3v) is 1.83. The summed E-state index contributed by atoms with van der Waals surface area (Å²) in [5.41, 5.74) is 0. The average molecular weight is 170 g/mol. The van der Waals surface area contributed by atoms with Gasteiger partial charge < -0.3 is 9.47 Å². The number of ether oxygens (including phenoxy) is 2. The van der Waals surface area contributed by atoms with Crippen LogP contribution in [-0.2, 0) is 14.3 Å². The van der Waals surface area contributed by atoms with Gasteiger partial charge in [0.15, 0.2) is 6.10 Å². The van der Waals surface area contributed by atoms with Gasteiger partial charge in [-0.1, -0.05) is 13.5 Å². The molecule has 0 radical (unpaired) electrons. The molecule has 1 fully saturated rings. The van der Waals surface area contributed by atoms with Crippen molar-refractivity contribution in [1.29, 1.82) is 0 Å². The van der Waals surface area contributed by atoms with Crippen LogP contribution in [0, 0.1) is 0 Å². The molecule has 1 atom stereocenters. The summed E-state index contributed by atoms with van der Waals surface area (Å²) in [7, 11) is 0. The number of hydrogen-bond acceptors (Lipinski definition) is 3. The summed E-state index contributed by atoms with van der Waals surface area (Å²) in [6.45, 7) is 6.14. The van der Waals surface area contributed by atoms with Gasteiger partial charge in [-0.2, -0.15) is 0 Å². The lowest BCUT2D eigenvalue weighted by atomic mass is 10.2. The lowest BCUT2D eigenvalue weighted by molar-refractivity contribution is -0.150. The number of rotatable bonds is 3. The van der Waals surface area contributed by atoms with Crippen molar-refractivity contribution in [3.63, 3.8) is 0 Å². The van der Waals surface area contributed by atoms with E-state index in [1.807, 2.05) is 6.92 Å². The van der Waals surface area contributed by atoms with Gasteiger partial charge >= 0.3 is 5.97 Å². The van der Waals surface area contributed by atoms with Crippen LogP contribution in [0.25, 0.3) is 0 Å². The fourth-order valence-corrected chi connectivity index (χ4v) is 1.04. The van der Waals surface area contributed by atoms with Crippen LogP contribution in [0.3, 0.4) is 0 Å². The predicted molar refractivity (Wildman–Crippen MR) is 44.5 cm³/mol. The Morgan fingerprint density at radius 2 is 2.50 bits per heavy atom. The van der Waals surface area contributed by atoms with Crippen LogP contribution < -0.4 is 0 Å². The lowest BCUT2D eigenvalue weighted by Crippen LogP contribution is -2.21. The molecule has 12 heavy (non-hydrogen) atoms. The number of carbonyl (C=O) groups excluding carboxylic acids is 1. The van der Waals surface area contributed by atoms with Crippen molar-refractivity contribution in [2.75, 3.05) is 6.61 Å². The Kier molecular flexibility index (Phi) is 3.29. The van der Waals surface area contributed by atoms with Crippen molar-refractivity contribution in [2.45, 2.75) is 32.3 Å². The molecule has 1 aliphatic heterocycles. The third kappa shape index (κ3) is 2.34. The Hall–Kier alpha value is -0.830. The SMILES string of the molecule is C=C(CC)OC(=O)C1CCCO1. The summed E-state index contributed by atoms with van der Waals surface area (Å²) >= 11 is 0. The van der Waals surface area contributed by atoms with E-state index in [2.05, 4.69) is 6.58 Å². The summed E-state index contributed by atoms with van der Waals surface area (Å²) in [4.78, 5) is 11.2. The highest BCUT2D eigenvalue weighted by atomic mass is 16.6. The van der Waals surface area contributed by atoms with Crippen LogP contribution in [0.4, 0.5) is 0 Å². The zero-order valence-electron chi connectivity index (χ0n) is 7.34. The Labute approximate surface area is 72.4 Å². The molecule has 0 saturated carbocycles. The van der Waals surface area contributed by atoms with Gasteiger partial charge in [0.2, 0.25) is 0 Å². The van der Waals surface area contributed by atoms with Crippen molar-refractivity contribution >= 4 is 5.97 Å². The van der Waals surface area contributed by atoms with Crippen LogP contribution in [0.15, 0.2) is 12.3 Å². The van der Waals surface area contributed by atoms with Crippen LogP contribution in [0.1, 0.15) is 26.2 Å². The zero-order valence-corrected chi connectivity index (χ0v) is 7.34. The fourth-order valence-electron chi connectivity index (χ4n) is 1.04. The van der Waals surface area contributed by atoms with Crippen molar-refractivity contribution in [3.8, 4) is 0 Å². The van der Waals surface area contributed by atoms with Gasteiger partial charge in [0, 0.05) is 13.0 Å². The average Bonchev–Trinajstić information content (AvgIpc) is 2.56. The van der Waals surface area contributed by atoms with E-state index in [0.29, 0.717) is 18.8 Å². The molecule has 0 N–H and O–H groups in total. The quantitative estimate of drug-likeness (QED) is 0.477. The summed E-state index contributed by atoms with van der Waals surface area (Å²) < 4.78 is 10.1. The van der Waals surface area contributed by atoms with E-state index in [0.717, 1.165) is 12.8 Å². The Morgan fingerprint density at radius 3 is 3.00 bits per heavy atom. The highest BCUT2D eigenvalue weighted by Gasteiger charge is 2.25. The van der Waals surface area contributed by atoms with E-state index in [-0.39, 0.29) is 12.1 Å². The smallest absolute Gasteiger partial charge is 0.340 e. The van der Waals surface area contributed by atoms with Crippen molar-refractivity contribution in [2.24, 2.45) is 0 Å². The second-order valence-corrected chi connectivity index (χ2v) is 2.81. The molecule has 0 aromatic rings. The normalized spacial score (nSPS) is 22.2. The molecule has 0 spiro atoms. The molecule has 0 amide bonds. The second kappa shape index (κ2) is 4.26. The van der Waals surface area contributed by atoms with Gasteiger partial charge in [-0.3, -0.25) is 0 Å². The standard InChI is InChI=1S/C9H14O3/c1-3-7(2)12-9(10)8-5-4-6-11-8/h8H,2-6H2,1H3.